The first-order valence-corrected chi connectivity index (χ1v) is 6.47. The molecule has 15 heavy (non-hydrogen) atoms. The Morgan fingerprint density at radius 3 is 2.67 bits per heavy atom. The summed E-state index contributed by atoms with van der Waals surface area (Å²) < 4.78 is 0. The smallest absolute Gasteiger partial charge is 0.0192 e. The largest absolute Gasteiger partial charge is 0.313 e. The molecule has 0 aromatic heterocycles. The van der Waals surface area contributed by atoms with Gasteiger partial charge in [-0.1, -0.05) is 27.7 Å². The Kier molecular flexibility index (Phi) is 5.07. The monoisotopic (exact) mass is 212 g/mol. The third kappa shape index (κ3) is 5.53. The predicted octanol–water partition coefficient (Wildman–Crippen LogP) is 2.50. The second-order valence-electron chi connectivity index (χ2n) is 6.02. The molecule has 1 unspecified atom stereocenters. The molecule has 1 fully saturated rings. The van der Waals surface area contributed by atoms with E-state index >= 15 is 0 Å². The Labute approximate surface area is 95.4 Å². The Balaban J connectivity index is 2.33. The average molecular weight is 212 g/mol. The van der Waals surface area contributed by atoms with Crippen LogP contribution >= 0.6 is 0 Å². The lowest BCUT2D eigenvalue weighted by Crippen LogP contribution is -2.38. The maximum absolute atomic E-state index is 3.62. The molecule has 0 spiro atoms. The molecular formula is C13H28N2. The van der Waals surface area contributed by atoms with Gasteiger partial charge in [-0.25, -0.2) is 0 Å². The summed E-state index contributed by atoms with van der Waals surface area (Å²) in [6.07, 6.45) is 3.87. The van der Waals surface area contributed by atoms with E-state index in [4.69, 9.17) is 0 Å². The minimum atomic E-state index is 0.474. The standard InChI is InChI=1S/C13H28N2/c1-5-12-11-15(9-6-8-14-12)10-7-13(2,3)4/h12,14H,5-11H2,1-4H3. The van der Waals surface area contributed by atoms with E-state index in [-0.39, 0.29) is 0 Å². The van der Waals surface area contributed by atoms with Crippen molar-refractivity contribution < 1.29 is 0 Å². The van der Waals surface area contributed by atoms with Crippen LogP contribution in [0.4, 0.5) is 0 Å². The van der Waals surface area contributed by atoms with Gasteiger partial charge in [0, 0.05) is 12.6 Å². The van der Waals surface area contributed by atoms with Crippen LogP contribution in [-0.4, -0.2) is 37.1 Å². The second kappa shape index (κ2) is 5.86. The molecule has 0 aromatic rings. The van der Waals surface area contributed by atoms with Crippen LogP contribution in [0.25, 0.3) is 0 Å². The van der Waals surface area contributed by atoms with Crippen molar-refractivity contribution in [3.05, 3.63) is 0 Å². The van der Waals surface area contributed by atoms with E-state index in [0.29, 0.717) is 11.5 Å². The second-order valence-corrected chi connectivity index (χ2v) is 6.02. The number of hydrogen-bond donors (Lipinski definition) is 1. The van der Waals surface area contributed by atoms with Crippen LogP contribution < -0.4 is 5.32 Å². The zero-order valence-corrected chi connectivity index (χ0v) is 11.0. The van der Waals surface area contributed by atoms with Crippen LogP contribution in [0.1, 0.15) is 47.0 Å². The Bertz CT molecular complexity index is 172. The molecule has 1 rings (SSSR count). The summed E-state index contributed by atoms with van der Waals surface area (Å²) >= 11 is 0. The Morgan fingerprint density at radius 1 is 1.33 bits per heavy atom. The number of hydrogen-bond acceptors (Lipinski definition) is 2. The summed E-state index contributed by atoms with van der Waals surface area (Å²) in [4.78, 5) is 2.64. The molecule has 0 bridgehead atoms. The quantitative estimate of drug-likeness (QED) is 0.773. The molecule has 0 aromatic carbocycles. The van der Waals surface area contributed by atoms with Crippen molar-refractivity contribution in [1.29, 1.82) is 0 Å². The number of nitrogens with zero attached hydrogens (tertiary/aromatic N) is 1. The van der Waals surface area contributed by atoms with Crippen LogP contribution in [0.2, 0.25) is 0 Å². The highest BCUT2D eigenvalue weighted by Crippen LogP contribution is 2.19. The molecule has 0 radical (unpaired) electrons. The zero-order chi connectivity index (χ0) is 11.3. The van der Waals surface area contributed by atoms with E-state index in [9.17, 15) is 0 Å². The lowest BCUT2D eigenvalue weighted by atomic mass is 9.92. The van der Waals surface area contributed by atoms with Crippen LogP contribution in [0, 0.1) is 5.41 Å². The van der Waals surface area contributed by atoms with Gasteiger partial charge in [-0.2, -0.15) is 0 Å². The molecular weight excluding hydrogens is 184 g/mol. The maximum atomic E-state index is 3.62. The first-order valence-electron chi connectivity index (χ1n) is 6.47. The van der Waals surface area contributed by atoms with Gasteiger partial charge in [0.2, 0.25) is 0 Å². The predicted molar refractivity (Wildman–Crippen MR) is 67.2 cm³/mol. The highest BCUT2D eigenvalue weighted by Gasteiger charge is 2.18. The van der Waals surface area contributed by atoms with Crippen LogP contribution in [0.15, 0.2) is 0 Å². The molecule has 1 saturated heterocycles. The Morgan fingerprint density at radius 2 is 2.07 bits per heavy atom. The molecule has 2 nitrogen and oxygen atoms in total. The van der Waals surface area contributed by atoms with Crippen LogP contribution in [0.3, 0.4) is 0 Å². The first kappa shape index (κ1) is 13.0. The fraction of sp³-hybridized carbons (Fsp3) is 1.00. The minimum Gasteiger partial charge on any atom is -0.313 e. The molecule has 0 amide bonds. The van der Waals surface area contributed by atoms with Gasteiger partial charge in [0.25, 0.3) is 0 Å². The fourth-order valence-corrected chi connectivity index (χ4v) is 2.05. The van der Waals surface area contributed by atoms with Crippen molar-refractivity contribution in [2.45, 2.75) is 53.0 Å². The van der Waals surface area contributed by atoms with Crippen molar-refractivity contribution in [2.24, 2.45) is 5.41 Å². The molecule has 1 aliphatic rings. The summed E-state index contributed by atoms with van der Waals surface area (Å²) in [7, 11) is 0. The van der Waals surface area contributed by atoms with E-state index in [2.05, 4.69) is 37.9 Å². The van der Waals surface area contributed by atoms with Gasteiger partial charge in [0.1, 0.15) is 0 Å². The number of nitrogens with one attached hydrogen (secondary N) is 1. The van der Waals surface area contributed by atoms with Gasteiger partial charge in [0.05, 0.1) is 0 Å². The first-order chi connectivity index (χ1) is 7.01. The van der Waals surface area contributed by atoms with E-state index < -0.39 is 0 Å². The SMILES string of the molecule is CCC1CN(CCC(C)(C)C)CCCN1. The molecule has 1 atom stereocenters. The summed E-state index contributed by atoms with van der Waals surface area (Å²) in [5, 5.41) is 3.62. The normalized spacial score (nSPS) is 25.2. The summed E-state index contributed by atoms with van der Waals surface area (Å²) in [5.41, 5.74) is 0.474. The highest BCUT2D eigenvalue weighted by molar-refractivity contribution is 4.76. The molecule has 1 aliphatic heterocycles. The van der Waals surface area contributed by atoms with Crippen molar-refractivity contribution in [3.8, 4) is 0 Å². The fourth-order valence-electron chi connectivity index (χ4n) is 2.05. The van der Waals surface area contributed by atoms with E-state index in [1.54, 1.807) is 0 Å². The third-order valence-corrected chi connectivity index (χ3v) is 3.23. The van der Waals surface area contributed by atoms with Crippen molar-refractivity contribution in [2.75, 3.05) is 26.2 Å². The maximum Gasteiger partial charge on any atom is 0.0192 e. The zero-order valence-electron chi connectivity index (χ0n) is 11.0. The molecule has 0 saturated carbocycles. The molecule has 2 heteroatoms. The summed E-state index contributed by atoms with van der Waals surface area (Å²) in [5.74, 6) is 0. The molecule has 90 valence electrons. The minimum absolute atomic E-state index is 0.474. The summed E-state index contributed by atoms with van der Waals surface area (Å²) in [6, 6.07) is 0.715. The van der Waals surface area contributed by atoms with E-state index in [0.717, 1.165) is 0 Å². The van der Waals surface area contributed by atoms with Crippen molar-refractivity contribution >= 4 is 0 Å². The van der Waals surface area contributed by atoms with Gasteiger partial charge in [-0.15, -0.1) is 0 Å². The van der Waals surface area contributed by atoms with E-state index in [1.807, 2.05) is 0 Å². The Hall–Kier alpha value is -0.0800. The number of rotatable bonds is 3. The topological polar surface area (TPSA) is 15.3 Å². The molecule has 1 N–H and O–H groups in total. The molecule has 1 heterocycles. The van der Waals surface area contributed by atoms with Gasteiger partial charge in [-0.05, 0) is 44.3 Å². The van der Waals surface area contributed by atoms with Gasteiger partial charge >= 0.3 is 0 Å². The lowest BCUT2D eigenvalue weighted by Gasteiger charge is -2.27. The van der Waals surface area contributed by atoms with E-state index in [1.165, 1.54) is 45.4 Å². The highest BCUT2D eigenvalue weighted by atomic mass is 15.2. The average Bonchev–Trinajstić information content (AvgIpc) is 2.38. The van der Waals surface area contributed by atoms with Crippen molar-refractivity contribution in [1.82, 2.24) is 10.2 Å². The molecule has 0 aliphatic carbocycles. The van der Waals surface area contributed by atoms with Gasteiger partial charge in [-0.3, -0.25) is 0 Å². The third-order valence-electron chi connectivity index (χ3n) is 3.23. The van der Waals surface area contributed by atoms with Crippen LogP contribution in [0.5, 0.6) is 0 Å². The summed E-state index contributed by atoms with van der Waals surface area (Å²) in [6.45, 7) is 14.3. The van der Waals surface area contributed by atoms with Crippen LogP contribution in [-0.2, 0) is 0 Å². The van der Waals surface area contributed by atoms with Gasteiger partial charge < -0.3 is 10.2 Å². The van der Waals surface area contributed by atoms with Crippen molar-refractivity contribution in [3.63, 3.8) is 0 Å². The lowest BCUT2D eigenvalue weighted by molar-refractivity contribution is 0.223. The van der Waals surface area contributed by atoms with Gasteiger partial charge in [0.15, 0.2) is 0 Å².